The lowest BCUT2D eigenvalue weighted by atomic mass is 9.83. The molecule has 0 aromatic heterocycles. The molecule has 1 aliphatic carbocycles. The van der Waals surface area contributed by atoms with Gasteiger partial charge in [0.05, 0.1) is 0 Å². The van der Waals surface area contributed by atoms with Crippen molar-refractivity contribution >= 4 is 35.2 Å². The summed E-state index contributed by atoms with van der Waals surface area (Å²) in [7, 11) is 0. The molecule has 212 valence electrons. The molecule has 0 amide bonds. The summed E-state index contributed by atoms with van der Waals surface area (Å²) in [5, 5.41) is 3.94. The third-order valence-corrected chi connectivity index (χ3v) is 7.04. The van der Waals surface area contributed by atoms with Crippen LogP contribution in [0.2, 0.25) is 0 Å². The van der Waals surface area contributed by atoms with Crippen molar-refractivity contribution in [1.29, 1.82) is 0 Å². The zero-order valence-corrected chi connectivity index (χ0v) is 24.4. The lowest BCUT2D eigenvalue weighted by Gasteiger charge is -2.22. The minimum absolute atomic E-state index is 0.0171. The number of carbonyl (C=O) groups is 3. The molecule has 7 nitrogen and oxygen atoms in total. The molecule has 3 rings (SSSR count). The summed E-state index contributed by atoms with van der Waals surface area (Å²) in [6, 6.07) is 15.0. The Bertz CT molecular complexity index is 1060. The normalized spacial score (nSPS) is 13.6. The molecule has 39 heavy (non-hydrogen) atoms. The first-order chi connectivity index (χ1) is 19.0. The van der Waals surface area contributed by atoms with E-state index in [1.54, 1.807) is 23.9 Å². The van der Waals surface area contributed by atoms with Gasteiger partial charge in [0, 0.05) is 34.6 Å². The highest BCUT2D eigenvalue weighted by atomic mass is 32.2. The number of carbonyl (C=O) groups excluding carboxylic acids is 3. The number of esters is 1. The summed E-state index contributed by atoms with van der Waals surface area (Å²) >= 11 is 1.57. The van der Waals surface area contributed by atoms with Crippen LogP contribution in [0.25, 0.3) is 0 Å². The van der Waals surface area contributed by atoms with Gasteiger partial charge in [-0.3, -0.25) is 9.59 Å². The summed E-state index contributed by atoms with van der Waals surface area (Å²) in [4.78, 5) is 42.9. The van der Waals surface area contributed by atoms with Crippen LogP contribution in [0.3, 0.4) is 0 Å². The van der Waals surface area contributed by atoms with Crippen LogP contribution in [0.15, 0.2) is 63.5 Å². The summed E-state index contributed by atoms with van der Waals surface area (Å²) in [6.45, 7) is 7.86. The molecule has 0 radical (unpaired) electrons. The monoisotopic (exact) mass is 555 g/mol. The van der Waals surface area contributed by atoms with Gasteiger partial charge in [-0.1, -0.05) is 63.4 Å². The van der Waals surface area contributed by atoms with E-state index in [1.807, 2.05) is 57.2 Å². The maximum Gasteiger partial charge on any atom is 0.331 e. The fraction of sp³-hybridized carbons (Fsp3) is 0.484. The first-order valence-electron chi connectivity index (χ1n) is 13.9. The van der Waals surface area contributed by atoms with E-state index in [9.17, 15) is 14.4 Å². The number of oxime groups is 1. The maximum atomic E-state index is 13.2. The van der Waals surface area contributed by atoms with Crippen molar-refractivity contribution in [3.8, 4) is 5.75 Å². The molecule has 0 aliphatic heterocycles. The second kappa shape index (κ2) is 18.2. The summed E-state index contributed by atoms with van der Waals surface area (Å²) < 4.78 is 10.8. The number of rotatable bonds is 13. The zero-order valence-electron chi connectivity index (χ0n) is 23.6. The molecular weight excluding hydrogens is 514 g/mol. The number of ketones is 1. The van der Waals surface area contributed by atoms with E-state index in [4.69, 9.17) is 14.3 Å². The molecule has 0 spiro atoms. The average Bonchev–Trinajstić information content (AvgIpc) is 2.97. The van der Waals surface area contributed by atoms with Gasteiger partial charge in [-0.2, -0.15) is 0 Å². The number of Topliss-reactive ketones (excluding diaryl/α,β-unsaturated/α-hetero) is 1. The Morgan fingerprint density at radius 1 is 0.897 bits per heavy atom. The fourth-order valence-electron chi connectivity index (χ4n) is 4.06. The lowest BCUT2D eigenvalue weighted by Crippen LogP contribution is -2.27. The molecule has 0 saturated heterocycles. The van der Waals surface area contributed by atoms with Gasteiger partial charge in [-0.25, -0.2) is 4.79 Å². The van der Waals surface area contributed by atoms with Crippen molar-refractivity contribution in [2.24, 2.45) is 11.1 Å². The number of unbranched alkanes of at least 4 members (excludes halogenated alkanes) is 1. The minimum Gasteiger partial charge on any atom is -0.490 e. The van der Waals surface area contributed by atoms with Crippen LogP contribution in [0.4, 0.5) is 0 Å². The minimum atomic E-state index is -0.532. The first-order valence-corrected chi connectivity index (χ1v) is 14.7. The molecule has 1 aliphatic rings. The molecular formula is C31H41NO6S. The van der Waals surface area contributed by atoms with Crippen molar-refractivity contribution in [3.63, 3.8) is 0 Å². The average molecular weight is 556 g/mol. The molecule has 0 heterocycles. The van der Waals surface area contributed by atoms with Crippen LogP contribution >= 0.6 is 11.8 Å². The van der Waals surface area contributed by atoms with Crippen molar-refractivity contribution < 1.29 is 28.7 Å². The van der Waals surface area contributed by atoms with Crippen LogP contribution in [-0.2, 0) is 19.2 Å². The maximum absolute atomic E-state index is 13.2. The molecule has 8 heteroatoms. The van der Waals surface area contributed by atoms with Crippen molar-refractivity contribution in [3.05, 3.63) is 54.1 Å². The Labute approximate surface area is 236 Å². The molecule has 1 fully saturated rings. The quantitative estimate of drug-likeness (QED) is 0.0626. The van der Waals surface area contributed by atoms with Gasteiger partial charge in [0.2, 0.25) is 5.78 Å². The van der Waals surface area contributed by atoms with Gasteiger partial charge in [-0.15, -0.1) is 0 Å². The molecule has 2 aromatic rings. The van der Waals surface area contributed by atoms with Crippen LogP contribution in [0, 0.1) is 5.92 Å². The Hall–Kier alpha value is -3.13. The SMILES string of the molecule is CC.CCCCC(=O)OCCOc1ccc(Sc2ccc(C(=O)/C(=N/OC(C)=O)C3CCCCC3)cc2)cc1. The lowest BCUT2D eigenvalue weighted by molar-refractivity contribution is -0.144. The molecule has 1 saturated carbocycles. The van der Waals surface area contributed by atoms with E-state index in [0.717, 1.165) is 54.7 Å². The molecule has 0 unspecified atom stereocenters. The summed E-state index contributed by atoms with van der Waals surface area (Å²) in [6.07, 6.45) is 7.25. The standard InChI is InChI=1S/C29H35NO6S.C2H6/c1-3-4-10-27(32)35-20-19-34-24-13-17-26(18-14-24)37-25-15-11-23(12-16-25)29(33)28(30-36-21(2)31)22-8-6-5-7-9-22;1-2/h11-18,22H,3-10,19-20H2,1-2H3;1-2H3/b30-28+;. The number of nitrogens with zero attached hydrogens (tertiary/aromatic N) is 1. The van der Waals surface area contributed by atoms with E-state index in [-0.39, 0.29) is 24.3 Å². The van der Waals surface area contributed by atoms with Crippen LogP contribution in [-0.4, -0.2) is 36.6 Å². The van der Waals surface area contributed by atoms with E-state index in [1.165, 1.54) is 6.92 Å². The van der Waals surface area contributed by atoms with Gasteiger partial charge in [0.15, 0.2) is 0 Å². The summed E-state index contributed by atoms with van der Waals surface area (Å²) in [5.74, 6) is -0.190. The molecule has 0 bridgehead atoms. The highest BCUT2D eigenvalue weighted by Crippen LogP contribution is 2.30. The number of hydrogen-bond donors (Lipinski definition) is 0. The Balaban J connectivity index is 0.00000260. The predicted octanol–water partition coefficient (Wildman–Crippen LogP) is 7.66. The Morgan fingerprint density at radius 3 is 2.10 bits per heavy atom. The van der Waals surface area contributed by atoms with E-state index < -0.39 is 5.97 Å². The second-order valence-electron chi connectivity index (χ2n) is 8.99. The number of benzene rings is 2. The Morgan fingerprint density at radius 2 is 1.51 bits per heavy atom. The zero-order chi connectivity index (χ0) is 28.5. The molecule has 0 atom stereocenters. The van der Waals surface area contributed by atoms with Crippen LogP contribution in [0.1, 0.15) is 89.4 Å². The van der Waals surface area contributed by atoms with Crippen molar-refractivity contribution in [2.75, 3.05) is 13.2 Å². The third-order valence-electron chi connectivity index (χ3n) is 6.02. The second-order valence-corrected chi connectivity index (χ2v) is 10.1. The van der Waals surface area contributed by atoms with Crippen LogP contribution in [0.5, 0.6) is 5.75 Å². The third kappa shape index (κ3) is 11.6. The fourth-order valence-corrected chi connectivity index (χ4v) is 4.88. The van der Waals surface area contributed by atoms with Gasteiger partial charge in [-0.05, 0) is 67.8 Å². The van der Waals surface area contributed by atoms with E-state index in [2.05, 4.69) is 5.16 Å². The highest BCUT2D eigenvalue weighted by Gasteiger charge is 2.27. The van der Waals surface area contributed by atoms with E-state index in [0.29, 0.717) is 30.1 Å². The van der Waals surface area contributed by atoms with Gasteiger partial charge in [0.1, 0.15) is 24.7 Å². The largest absolute Gasteiger partial charge is 0.490 e. The highest BCUT2D eigenvalue weighted by molar-refractivity contribution is 7.99. The molecule has 0 N–H and O–H groups in total. The van der Waals surface area contributed by atoms with Crippen molar-refractivity contribution in [2.45, 2.75) is 88.9 Å². The summed E-state index contributed by atoms with van der Waals surface area (Å²) in [5.41, 5.74) is 0.863. The smallest absolute Gasteiger partial charge is 0.331 e. The van der Waals surface area contributed by atoms with Crippen LogP contribution < -0.4 is 4.74 Å². The predicted molar refractivity (Wildman–Crippen MR) is 154 cm³/mol. The number of ether oxygens (including phenoxy) is 2. The van der Waals surface area contributed by atoms with Gasteiger partial charge >= 0.3 is 11.9 Å². The van der Waals surface area contributed by atoms with Gasteiger partial charge < -0.3 is 14.3 Å². The van der Waals surface area contributed by atoms with E-state index >= 15 is 0 Å². The van der Waals surface area contributed by atoms with Gasteiger partial charge in [0.25, 0.3) is 0 Å². The topological polar surface area (TPSA) is 91.3 Å². The van der Waals surface area contributed by atoms with Crippen molar-refractivity contribution in [1.82, 2.24) is 0 Å². The molecule has 2 aromatic carbocycles. The Kier molecular flexibility index (Phi) is 15.0. The first kappa shape index (κ1) is 32.1. The number of hydrogen-bond acceptors (Lipinski definition) is 8.